The Hall–Kier alpha value is -0.960. The molecule has 1 N–H and O–H groups in total. The molecule has 0 unspecified atom stereocenters. The highest BCUT2D eigenvalue weighted by Gasteiger charge is 2.23. The van der Waals surface area contributed by atoms with Gasteiger partial charge in [0.15, 0.2) is 5.69 Å². The maximum atomic E-state index is 11.2. The molecule has 1 heterocycles. The number of carboxylic acid groups (broad SMARTS) is 1. The number of carboxylic acids is 1. The fourth-order valence-electron chi connectivity index (χ4n) is 1.79. The SMILES string of the molecule is CC(C)c1c(C(=O)O)nnn1-c1cc(Br)ccc1I. The molecule has 0 aliphatic heterocycles. The van der Waals surface area contributed by atoms with Crippen LogP contribution in [0.4, 0.5) is 0 Å². The molecule has 0 atom stereocenters. The second-order valence-corrected chi connectivity index (χ2v) is 6.37. The minimum atomic E-state index is -1.06. The molecule has 19 heavy (non-hydrogen) atoms. The van der Waals surface area contributed by atoms with Crippen LogP contribution in [0.15, 0.2) is 22.7 Å². The summed E-state index contributed by atoms with van der Waals surface area (Å²) in [6.45, 7) is 3.85. The predicted molar refractivity (Wildman–Crippen MR) is 82.8 cm³/mol. The van der Waals surface area contributed by atoms with Gasteiger partial charge in [-0.1, -0.05) is 35.0 Å². The summed E-state index contributed by atoms with van der Waals surface area (Å²) in [5.41, 5.74) is 1.42. The van der Waals surface area contributed by atoms with E-state index in [1.54, 1.807) is 4.68 Å². The van der Waals surface area contributed by atoms with E-state index >= 15 is 0 Å². The molecule has 100 valence electrons. The molecule has 0 saturated heterocycles. The minimum Gasteiger partial charge on any atom is -0.476 e. The maximum Gasteiger partial charge on any atom is 0.358 e. The molecule has 5 nitrogen and oxygen atoms in total. The van der Waals surface area contributed by atoms with Crippen molar-refractivity contribution < 1.29 is 9.90 Å². The molecule has 1 aromatic heterocycles. The van der Waals surface area contributed by atoms with E-state index in [9.17, 15) is 9.90 Å². The van der Waals surface area contributed by atoms with Crippen molar-refractivity contribution in [2.75, 3.05) is 0 Å². The molecule has 0 saturated carbocycles. The third-order valence-corrected chi connectivity index (χ3v) is 4.00. The van der Waals surface area contributed by atoms with E-state index in [2.05, 4.69) is 48.8 Å². The lowest BCUT2D eigenvalue weighted by atomic mass is 10.1. The fraction of sp³-hybridized carbons (Fsp3) is 0.250. The van der Waals surface area contributed by atoms with Crippen molar-refractivity contribution in [2.45, 2.75) is 19.8 Å². The number of benzene rings is 1. The standard InChI is InChI=1S/C12H11BrIN3O2/c1-6(2)11-10(12(18)19)15-16-17(11)9-5-7(13)3-4-8(9)14/h3-6H,1-2H3,(H,18,19). The van der Waals surface area contributed by atoms with Gasteiger partial charge in [0.05, 0.1) is 11.4 Å². The van der Waals surface area contributed by atoms with E-state index in [0.29, 0.717) is 5.69 Å². The van der Waals surface area contributed by atoms with Crippen LogP contribution in [0, 0.1) is 3.57 Å². The van der Waals surface area contributed by atoms with Crippen molar-refractivity contribution in [1.29, 1.82) is 0 Å². The first-order chi connectivity index (χ1) is 8.91. The van der Waals surface area contributed by atoms with Crippen LogP contribution >= 0.6 is 38.5 Å². The van der Waals surface area contributed by atoms with Crippen LogP contribution in [0.1, 0.15) is 35.9 Å². The summed E-state index contributed by atoms with van der Waals surface area (Å²) >= 11 is 5.60. The zero-order valence-corrected chi connectivity index (χ0v) is 14.0. The summed E-state index contributed by atoms with van der Waals surface area (Å²) in [7, 11) is 0. The lowest BCUT2D eigenvalue weighted by Gasteiger charge is -2.11. The van der Waals surface area contributed by atoms with Crippen molar-refractivity contribution in [3.8, 4) is 5.69 Å². The van der Waals surface area contributed by atoms with Gasteiger partial charge in [-0.15, -0.1) is 5.10 Å². The quantitative estimate of drug-likeness (QED) is 0.749. The van der Waals surface area contributed by atoms with Crippen LogP contribution in [0.2, 0.25) is 0 Å². The molecule has 0 amide bonds. The van der Waals surface area contributed by atoms with Gasteiger partial charge >= 0.3 is 5.97 Å². The van der Waals surface area contributed by atoms with Gasteiger partial charge < -0.3 is 5.11 Å². The second kappa shape index (κ2) is 5.58. The summed E-state index contributed by atoms with van der Waals surface area (Å²) in [5.74, 6) is -1.05. The summed E-state index contributed by atoms with van der Waals surface area (Å²) < 4.78 is 3.48. The summed E-state index contributed by atoms with van der Waals surface area (Å²) in [5, 5.41) is 16.9. The first-order valence-electron chi connectivity index (χ1n) is 5.56. The minimum absolute atomic E-state index is 0.00535. The number of aromatic carboxylic acids is 1. The normalized spacial score (nSPS) is 11.0. The van der Waals surface area contributed by atoms with Gasteiger partial charge in [0.1, 0.15) is 0 Å². The van der Waals surface area contributed by atoms with Gasteiger partial charge in [-0.05, 0) is 46.7 Å². The van der Waals surface area contributed by atoms with Gasteiger partial charge in [0.25, 0.3) is 0 Å². The third-order valence-electron chi connectivity index (χ3n) is 2.59. The highest BCUT2D eigenvalue weighted by molar-refractivity contribution is 14.1. The molecular formula is C12H11BrIN3O2. The number of carbonyl (C=O) groups is 1. The molecule has 2 rings (SSSR count). The van der Waals surface area contributed by atoms with E-state index in [1.165, 1.54) is 0 Å². The lowest BCUT2D eigenvalue weighted by Crippen LogP contribution is -2.09. The Kier molecular flexibility index (Phi) is 4.24. The van der Waals surface area contributed by atoms with Gasteiger partial charge in [-0.25, -0.2) is 9.48 Å². The van der Waals surface area contributed by atoms with Crippen LogP contribution < -0.4 is 0 Å². The Balaban J connectivity index is 2.69. The van der Waals surface area contributed by atoms with E-state index < -0.39 is 5.97 Å². The summed E-state index contributed by atoms with van der Waals surface area (Å²) in [6.07, 6.45) is 0. The zero-order chi connectivity index (χ0) is 14.2. The monoisotopic (exact) mass is 435 g/mol. The van der Waals surface area contributed by atoms with Crippen molar-refractivity contribution in [1.82, 2.24) is 15.0 Å². The van der Waals surface area contributed by atoms with Crippen LogP contribution in [0.25, 0.3) is 5.69 Å². The average Bonchev–Trinajstić information content (AvgIpc) is 2.76. The average molecular weight is 436 g/mol. The molecule has 2 aromatic rings. The first-order valence-corrected chi connectivity index (χ1v) is 7.43. The van der Waals surface area contributed by atoms with Crippen molar-refractivity contribution in [2.24, 2.45) is 0 Å². The number of nitrogens with zero attached hydrogens (tertiary/aromatic N) is 3. The topological polar surface area (TPSA) is 68.0 Å². The van der Waals surface area contributed by atoms with Gasteiger partial charge in [0, 0.05) is 8.04 Å². The molecule has 0 spiro atoms. The number of halogens is 2. The van der Waals surface area contributed by atoms with Crippen molar-refractivity contribution >= 4 is 44.5 Å². The first kappa shape index (κ1) is 14.4. The van der Waals surface area contributed by atoms with Gasteiger partial charge in [-0.3, -0.25) is 0 Å². The Bertz CT molecular complexity index is 640. The third kappa shape index (κ3) is 2.81. The number of aromatic nitrogens is 3. The summed E-state index contributed by atoms with van der Waals surface area (Å²) in [6, 6.07) is 5.76. The molecule has 0 fully saturated rings. The number of hydrogen-bond acceptors (Lipinski definition) is 3. The molecule has 0 aliphatic rings. The van der Waals surface area contributed by atoms with Crippen molar-refractivity contribution in [3.63, 3.8) is 0 Å². The zero-order valence-electron chi connectivity index (χ0n) is 10.3. The van der Waals surface area contributed by atoms with E-state index in [-0.39, 0.29) is 11.6 Å². The Labute approximate surface area is 132 Å². The van der Waals surface area contributed by atoms with Crippen LogP contribution in [0.5, 0.6) is 0 Å². The summed E-state index contributed by atoms with van der Waals surface area (Å²) in [4.78, 5) is 11.2. The second-order valence-electron chi connectivity index (χ2n) is 4.29. The van der Waals surface area contributed by atoms with E-state index in [4.69, 9.17) is 0 Å². The lowest BCUT2D eigenvalue weighted by molar-refractivity contribution is 0.0688. The Morgan fingerprint density at radius 3 is 2.74 bits per heavy atom. The number of rotatable bonds is 3. The van der Waals surface area contributed by atoms with E-state index in [1.807, 2.05) is 32.0 Å². The van der Waals surface area contributed by atoms with E-state index in [0.717, 1.165) is 13.7 Å². The highest BCUT2D eigenvalue weighted by Crippen LogP contribution is 2.26. The molecular weight excluding hydrogens is 425 g/mol. The smallest absolute Gasteiger partial charge is 0.358 e. The number of hydrogen-bond donors (Lipinski definition) is 1. The largest absolute Gasteiger partial charge is 0.476 e. The van der Waals surface area contributed by atoms with Crippen LogP contribution in [-0.4, -0.2) is 26.1 Å². The Morgan fingerprint density at radius 1 is 1.47 bits per heavy atom. The predicted octanol–water partition coefficient (Wildman–Crippen LogP) is 3.46. The maximum absolute atomic E-state index is 11.2. The molecule has 0 aliphatic carbocycles. The van der Waals surface area contributed by atoms with Crippen LogP contribution in [-0.2, 0) is 0 Å². The molecule has 1 aromatic carbocycles. The van der Waals surface area contributed by atoms with Crippen molar-refractivity contribution in [3.05, 3.63) is 37.6 Å². The van der Waals surface area contributed by atoms with Gasteiger partial charge in [0.2, 0.25) is 0 Å². The van der Waals surface area contributed by atoms with Crippen LogP contribution in [0.3, 0.4) is 0 Å². The Morgan fingerprint density at radius 2 is 2.16 bits per heavy atom. The molecule has 7 heteroatoms. The fourth-order valence-corrected chi connectivity index (χ4v) is 2.70. The highest BCUT2D eigenvalue weighted by atomic mass is 127. The van der Waals surface area contributed by atoms with Gasteiger partial charge in [-0.2, -0.15) is 0 Å². The molecule has 0 bridgehead atoms. The molecule has 0 radical (unpaired) electrons.